The number of benzene rings is 3. The van der Waals surface area contributed by atoms with Crippen LogP contribution in [0.4, 0.5) is 21.6 Å². The summed E-state index contributed by atoms with van der Waals surface area (Å²) in [7, 11) is -1.21. The van der Waals surface area contributed by atoms with Crippen LogP contribution in [0, 0.1) is 5.82 Å². The van der Waals surface area contributed by atoms with Gasteiger partial charge in [-0.1, -0.05) is 18.2 Å². The molecule has 1 fully saturated rings. The standard InChI is InChI=1S/C26H25FN4O5S/c1-34-23-12-17(31-37(2,33)18-6-4-3-5-7-18)11-20-25(23)26(29-15-28-20)30-19-9-8-16(27)10-22(19)36-24-14-35-13-21(24)32/h3-12,15,21,24,32H,13-14H2,1-2H3,(H,28,29,30)/t21-,24+,37?/m1/s1. The van der Waals surface area contributed by atoms with Gasteiger partial charge in [0.15, 0.2) is 6.10 Å². The van der Waals surface area contributed by atoms with E-state index in [0.29, 0.717) is 38.7 Å². The van der Waals surface area contributed by atoms with E-state index in [2.05, 4.69) is 19.6 Å². The zero-order chi connectivity index (χ0) is 26.0. The van der Waals surface area contributed by atoms with Gasteiger partial charge in [0, 0.05) is 23.3 Å². The number of aromatic nitrogens is 2. The summed E-state index contributed by atoms with van der Waals surface area (Å²) in [6.45, 7) is 0.343. The Kier molecular flexibility index (Phi) is 6.92. The lowest BCUT2D eigenvalue weighted by molar-refractivity contribution is 0.0736. The minimum Gasteiger partial charge on any atom is -0.496 e. The highest BCUT2D eigenvalue weighted by Gasteiger charge is 2.29. The first-order valence-electron chi connectivity index (χ1n) is 11.4. The molecule has 3 atom stereocenters. The highest BCUT2D eigenvalue weighted by Crippen LogP contribution is 2.38. The lowest BCUT2D eigenvalue weighted by atomic mass is 10.2. The zero-order valence-electron chi connectivity index (χ0n) is 20.1. The van der Waals surface area contributed by atoms with E-state index in [1.54, 1.807) is 30.5 Å². The van der Waals surface area contributed by atoms with Crippen LogP contribution in [0.15, 0.2) is 76.2 Å². The van der Waals surface area contributed by atoms with Crippen molar-refractivity contribution >= 4 is 37.8 Å². The molecule has 1 aliphatic heterocycles. The van der Waals surface area contributed by atoms with Gasteiger partial charge in [0.25, 0.3) is 0 Å². The molecule has 0 saturated carbocycles. The first kappa shape index (κ1) is 24.9. The Labute approximate surface area is 213 Å². The summed E-state index contributed by atoms with van der Waals surface area (Å²) < 4.78 is 48.6. The van der Waals surface area contributed by atoms with Crippen LogP contribution in [0.3, 0.4) is 0 Å². The average molecular weight is 525 g/mol. The Morgan fingerprint density at radius 3 is 2.65 bits per heavy atom. The third kappa shape index (κ3) is 5.33. The van der Waals surface area contributed by atoms with E-state index in [1.165, 1.54) is 31.6 Å². The molecule has 0 aliphatic carbocycles. The molecule has 1 unspecified atom stereocenters. The van der Waals surface area contributed by atoms with Gasteiger partial charge >= 0.3 is 0 Å². The monoisotopic (exact) mass is 524 g/mol. The second-order valence-electron chi connectivity index (χ2n) is 8.50. The first-order valence-corrected chi connectivity index (χ1v) is 13.4. The molecule has 2 N–H and O–H groups in total. The maximum atomic E-state index is 14.0. The van der Waals surface area contributed by atoms with E-state index in [-0.39, 0.29) is 19.0 Å². The molecule has 0 amide bonds. The SMILES string of the molecule is COc1cc(N=S(C)(=O)c2ccccc2)cc2ncnc(Nc3ccc(F)cc3O[C@H]3COC[C@H]3O)c12. The van der Waals surface area contributed by atoms with Crippen molar-refractivity contribution in [2.45, 2.75) is 17.1 Å². The van der Waals surface area contributed by atoms with Gasteiger partial charge in [0.2, 0.25) is 0 Å². The van der Waals surface area contributed by atoms with Crippen molar-refractivity contribution in [3.63, 3.8) is 0 Å². The third-order valence-electron chi connectivity index (χ3n) is 5.84. The molecule has 1 aromatic heterocycles. The fraction of sp³-hybridized carbons (Fsp3) is 0.231. The summed E-state index contributed by atoms with van der Waals surface area (Å²) in [4.78, 5) is 9.33. The number of hydrogen-bond acceptors (Lipinski definition) is 9. The van der Waals surface area contributed by atoms with Crippen LogP contribution in [0.1, 0.15) is 0 Å². The van der Waals surface area contributed by atoms with Gasteiger partial charge in [0.05, 0.1) is 52.3 Å². The van der Waals surface area contributed by atoms with E-state index >= 15 is 0 Å². The Hall–Kier alpha value is -3.80. The summed E-state index contributed by atoms with van der Waals surface area (Å²) in [5.74, 6) is 0.493. The number of aliphatic hydroxyl groups excluding tert-OH is 1. The normalized spacial score (nSPS) is 18.8. The third-order valence-corrected chi connectivity index (χ3v) is 7.55. The van der Waals surface area contributed by atoms with Gasteiger partial charge in [-0.2, -0.15) is 4.36 Å². The predicted octanol–water partition coefficient (Wildman–Crippen LogP) is 4.45. The number of nitrogens with zero attached hydrogens (tertiary/aromatic N) is 3. The molecule has 2 heterocycles. The number of rotatable bonds is 7. The van der Waals surface area contributed by atoms with Crippen LogP contribution in [-0.4, -0.2) is 58.1 Å². The fourth-order valence-electron chi connectivity index (χ4n) is 4.00. The van der Waals surface area contributed by atoms with E-state index in [9.17, 15) is 13.7 Å². The molecule has 11 heteroatoms. The summed E-state index contributed by atoms with van der Waals surface area (Å²) in [6.07, 6.45) is 1.50. The molecular weight excluding hydrogens is 499 g/mol. The maximum absolute atomic E-state index is 14.0. The zero-order valence-corrected chi connectivity index (χ0v) is 20.9. The molecule has 192 valence electrons. The average Bonchev–Trinajstić information content (AvgIpc) is 3.29. The summed E-state index contributed by atoms with van der Waals surface area (Å²) >= 11 is 0. The van der Waals surface area contributed by atoms with E-state index in [1.807, 2.05) is 18.2 Å². The van der Waals surface area contributed by atoms with E-state index < -0.39 is 27.8 Å². The smallest absolute Gasteiger partial charge is 0.150 e. The minimum absolute atomic E-state index is 0.151. The number of aliphatic hydroxyl groups is 1. The summed E-state index contributed by atoms with van der Waals surface area (Å²) in [6, 6.07) is 16.4. The number of fused-ring (bicyclic) bond motifs is 1. The molecule has 0 bridgehead atoms. The Balaban J connectivity index is 1.54. The lowest BCUT2D eigenvalue weighted by Crippen LogP contribution is -2.30. The number of anilines is 2. The van der Waals surface area contributed by atoms with Gasteiger partial charge in [-0.15, -0.1) is 0 Å². The second kappa shape index (κ2) is 10.3. The van der Waals surface area contributed by atoms with Crippen LogP contribution >= 0.6 is 0 Å². The molecule has 37 heavy (non-hydrogen) atoms. The van der Waals surface area contributed by atoms with Gasteiger partial charge in [-0.05, 0) is 30.3 Å². The van der Waals surface area contributed by atoms with Crippen LogP contribution in [0.25, 0.3) is 10.9 Å². The molecule has 0 spiro atoms. The molecule has 5 rings (SSSR count). The highest BCUT2D eigenvalue weighted by atomic mass is 32.2. The highest BCUT2D eigenvalue weighted by molar-refractivity contribution is 7.93. The predicted molar refractivity (Wildman–Crippen MR) is 138 cm³/mol. The molecule has 1 aliphatic rings. The summed E-state index contributed by atoms with van der Waals surface area (Å²) in [5, 5.41) is 13.8. The van der Waals surface area contributed by atoms with Gasteiger partial charge in [-0.25, -0.2) is 18.6 Å². The number of methoxy groups -OCH3 is 1. The van der Waals surface area contributed by atoms with Gasteiger partial charge in [0.1, 0.15) is 35.6 Å². The Bertz CT molecular complexity index is 1560. The molecule has 3 aromatic carbocycles. The second-order valence-corrected chi connectivity index (χ2v) is 10.8. The van der Waals surface area contributed by atoms with Gasteiger partial charge in [-0.3, -0.25) is 0 Å². The van der Waals surface area contributed by atoms with Crippen molar-refractivity contribution in [1.82, 2.24) is 9.97 Å². The van der Waals surface area contributed by atoms with Crippen molar-refractivity contribution in [1.29, 1.82) is 0 Å². The summed E-state index contributed by atoms with van der Waals surface area (Å²) in [5.41, 5.74) is 1.37. The number of halogens is 1. The quantitative estimate of drug-likeness (QED) is 0.365. The fourth-order valence-corrected chi connectivity index (χ4v) is 5.27. The van der Waals surface area contributed by atoms with Crippen molar-refractivity contribution in [2.75, 3.05) is 31.9 Å². The molecule has 0 radical (unpaired) electrons. The largest absolute Gasteiger partial charge is 0.496 e. The van der Waals surface area contributed by atoms with Gasteiger partial charge < -0.3 is 24.6 Å². The minimum atomic E-state index is -2.71. The van der Waals surface area contributed by atoms with E-state index in [4.69, 9.17) is 14.2 Å². The van der Waals surface area contributed by atoms with Crippen LogP contribution < -0.4 is 14.8 Å². The Morgan fingerprint density at radius 2 is 1.92 bits per heavy atom. The molecule has 4 aromatic rings. The van der Waals surface area contributed by atoms with Crippen molar-refractivity contribution < 1.29 is 27.9 Å². The number of ether oxygens (including phenoxy) is 3. The molecule has 9 nitrogen and oxygen atoms in total. The number of nitrogens with one attached hydrogen (secondary N) is 1. The first-order chi connectivity index (χ1) is 17.8. The molecular formula is C26H25FN4O5S. The number of hydrogen-bond donors (Lipinski definition) is 2. The van der Waals surface area contributed by atoms with E-state index in [0.717, 1.165) is 0 Å². The molecule has 1 saturated heterocycles. The lowest BCUT2D eigenvalue weighted by Gasteiger charge is -2.19. The van der Waals surface area contributed by atoms with Crippen molar-refractivity contribution in [3.05, 3.63) is 72.8 Å². The topological polar surface area (TPSA) is 115 Å². The van der Waals surface area contributed by atoms with Crippen LogP contribution in [0.5, 0.6) is 11.5 Å². The maximum Gasteiger partial charge on any atom is 0.150 e. The van der Waals surface area contributed by atoms with Crippen LogP contribution in [0.2, 0.25) is 0 Å². The van der Waals surface area contributed by atoms with Crippen molar-refractivity contribution in [2.24, 2.45) is 4.36 Å². The van der Waals surface area contributed by atoms with Crippen molar-refractivity contribution in [3.8, 4) is 11.5 Å². The van der Waals surface area contributed by atoms with Crippen LogP contribution in [-0.2, 0) is 14.5 Å². The Morgan fingerprint density at radius 1 is 1.11 bits per heavy atom.